The van der Waals surface area contributed by atoms with Gasteiger partial charge in [-0.3, -0.25) is 9.59 Å². The van der Waals surface area contributed by atoms with Gasteiger partial charge in [-0.25, -0.2) is 4.98 Å². The lowest BCUT2D eigenvalue weighted by atomic mass is 10.0. The van der Waals surface area contributed by atoms with E-state index in [9.17, 15) is 9.59 Å². The Morgan fingerprint density at radius 2 is 2.29 bits per heavy atom. The van der Waals surface area contributed by atoms with E-state index >= 15 is 0 Å². The Bertz CT molecular complexity index is 554. The predicted molar refractivity (Wildman–Crippen MR) is 61.0 cm³/mol. The second kappa shape index (κ2) is 3.55. The van der Waals surface area contributed by atoms with Crippen LogP contribution in [0.1, 0.15) is 40.1 Å². The second-order valence-electron chi connectivity index (χ2n) is 4.26. The molecular formula is C12H13N3O2. The fourth-order valence-electron chi connectivity index (χ4n) is 2.45. The maximum absolute atomic E-state index is 12.1. The van der Waals surface area contributed by atoms with E-state index in [2.05, 4.69) is 10.3 Å². The molecule has 0 unspecified atom stereocenters. The van der Waals surface area contributed by atoms with Gasteiger partial charge in [-0.15, -0.1) is 0 Å². The van der Waals surface area contributed by atoms with Crippen molar-refractivity contribution in [1.29, 1.82) is 0 Å². The number of likely N-dealkylation sites (N-methyl/N-ethyl adjacent to an activating group) is 1. The molecule has 1 aromatic rings. The first-order valence-corrected chi connectivity index (χ1v) is 5.86. The second-order valence-corrected chi connectivity index (χ2v) is 4.26. The Morgan fingerprint density at radius 1 is 1.47 bits per heavy atom. The highest BCUT2D eigenvalue weighted by Gasteiger charge is 2.33. The van der Waals surface area contributed by atoms with Crippen molar-refractivity contribution in [2.75, 3.05) is 6.54 Å². The summed E-state index contributed by atoms with van der Waals surface area (Å²) in [6, 6.07) is 0. The highest BCUT2D eigenvalue weighted by Crippen LogP contribution is 2.25. The number of Topliss-reactive ketones (excluding diaryl/α,β-unsaturated/α-hetero) is 1. The van der Waals surface area contributed by atoms with Gasteiger partial charge in [0.1, 0.15) is 17.2 Å². The van der Waals surface area contributed by atoms with Gasteiger partial charge in [-0.1, -0.05) is 0 Å². The van der Waals surface area contributed by atoms with Crippen LogP contribution in [0.4, 0.5) is 0 Å². The SMILES string of the molecule is CCNC1=CC(=O)c2c(nc3n2CCC3)C1=O. The minimum absolute atomic E-state index is 0.115. The van der Waals surface area contributed by atoms with Crippen LogP contribution in [-0.4, -0.2) is 27.7 Å². The molecule has 17 heavy (non-hydrogen) atoms. The topological polar surface area (TPSA) is 64.0 Å². The molecule has 0 fully saturated rings. The number of carbonyl (C=O) groups excluding carboxylic acids is 2. The van der Waals surface area contributed by atoms with E-state index in [1.165, 1.54) is 6.08 Å². The van der Waals surface area contributed by atoms with E-state index in [0.29, 0.717) is 23.6 Å². The summed E-state index contributed by atoms with van der Waals surface area (Å²) in [4.78, 5) is 28.4. The number of nitrogens with one attached hydrogen (secondary N) is 1. The maximum Gasteiger partial charge on any atom is 0.229 e. The Morgan fingerprint density at radius 3 is 3.06 bits per heavy atom. The number of hydrogen-bond acceptors (Lipinski definition) is 4. The molecule has 5 heteroatoms. The van der Waals surface area contributed by atoms with Crippen molar-refractivity contribution in [2.45, 2.75) is 26.3 Å². The molecule has 88 valence electrons. The molecule has 0 spiro atoms. The normalized spacial score (nSPS) is 17.8. The van der Waals surface area contributed by atoms with Crippen LogP contribution in [-0.2, 0) is 13.0 Å². The van der Waals surface area contributed by atoms with Crippen molar-refractivity contribution in [2.24, 2.45) is 0 Å². The molecule has 0 saturated carbocycles. The minimum Gasteiger partial charge on any atom is -0.382 e. The summed E-state index contributed by atoms with van der Waals surface area (Å²) in [6.45, 7) is 3.30. The zero-order valence-corrected chi connectivity index (χ0v) is 9.62. The average molecular weight is 231 g/mol. The van der Waals surface area contributed by atoms with Crippen LogP contribution < -0.4 is 5.32 Å². The van der Waals surface area contributed by atoms with Gasteiger partial charge in [-0.2, -0.15) is 0 Å². The molecule has 3 rings (SSSR count). The Kier molecular flexibility index (Phi) is 2.14. The minimum atomic E-state index is -0.164. The van der Waals surface area contributed by atoms with E-state index in [-0.39, 0.29) is 11.6 Å². The summed E-state index contributed by atoms with van der Waals surface area (Å²) in [6.07, 6.45) is 3.24. The predicted octanol–water partition coefficient (Wildman–Crippen LogP) is 0.702. The summed E-state index contributed by atoms with van der Waals surface area (Å²) in [5.74, 6) is 0.586. The number of carbonyl (C=O) groups is 2. The number of fused-ring (bicyclic) bond motifs is 3. The van der Waals surface area contributed by atoms with Gasteiger partial charge < -0.3 is 9.88 Å². The first kappa shape index (κ1) is 10.3. The quantitative estimate of drug-likeness (QED) is 0.813. The molecular weight excluding hydrogens is 218 g/mol. The number of rotatable bonds is 2. The average Bonchev–Trinajstić information content (AvgIpc) is 2.84. The maximum atomic E-state index is 12.1. The zero-order valence-electron chi connectivity index (χ0n) is 9.62. The standard InChI is InChI=1S/C12H13N3O2/c1-2-13-7-6-8(16)11-10(12(7)17)14-9-4-3-5-15(9)11/h6,13H,2-5H2,1H3. The highest BCUT2D eigenvalue weighted by molar-refractivity contribution is 6.22. The number of ketones is 2. The molecule has 1 aliphatic carbocycles. The molecule has 0 radical (unpaired) electrons. The van der Waals surface area contributed by atoms with Gasteiger partial charge >= 0.3 is 0 Å². The fourth-order valence-corrected chi connectivity index (χ4v) is 2.45. The number of nitrogens with zero attached hydrogens (tertiary/aromatic N) is 2. The first-order valence-electron chi connectivity index (χ1n) is 5.86. The van der Waals surface area contributed by atoms with Crippen LogP contribution in [0.3, 0.4) is 0 Å². The van der Waals surface area contributed by atoms with Crippen molar-refractivity contribution >= 4 is 11.6 Å². The van der Waals surface area contributed by atoms with Crippen molar-refractivity contribution in [3.8, 4) is 0 Å². The smallest absolute Gasteiger partial charge is 0.229 e. The zero-order chi connectivity index (χ0) is 12.0. The number of aromatic nitrogens is 2. The lowest BCUT2D eigenvalue weighted by Crippen LogP contribution is -2.27. The van der Waals surface area contributed by atoms with Crippen LogP contribution in [0.25, 0.3) is 0 Å². The molecule has 1 aliphatic heterocycles. The molecule has 5 nitrogen and oxygen atoms in total. The number of aryl methyl sites for hydroxylation is 1. The molecule has 0 atom stereocenters. The molecule has 2 heterocycles. The van der Waals surface area contributed by atoms with Crippen molar-refractivity contribution in [1.82, 2.24) is 14.9 Å². The largest absolute Gasteiger partial charge is 0.382 e. The van der Waals surface area contributed by atoms with Crippen molar-refractivity contribution < 1.29 is 9.59 Å². The van der Waals surface area contributed by atoms with Crippen LogP contribution in [0.15, 0.2) is 11.8 Å². The van der Waals surface area contributed by atoms with Crippen molar-refractivity contribution in [3.05, 3.63) is 29.0 Å². The monoisotopic (exact) mass is 231 g/mol. The van der Waals surface area contributed by atoms with E-state index < -0.39 is 0 Å². The van der Waals surface area contributed by atoms with Gasteiger partial charge in [0.25, 0.3) is 0 Å². The van der Waals surface area contributed by atoms with Gasteiger partial charge in [-0.05, 0) is 13.3 Å². The number of imidazole rings is 1. The van der Waals surface area contributed by atoms with Crippen LogP contribution in [0.2, 0.25) is 0 Å². The summed E-state index contributed by atoms with van der Waals surface area (Å²) in [5, 5.41) is 2.91. The Labute approximate surface area is 98.5 Å². The van der Waals surface area contributed by atoms with Crippen LogP contribution in [0, 0.1) is 0 Å². The van der Waals surface area contributed by atoms with Gasteiger partial charge in [0.15, 0.2) is 0 Å². The number of hydrogen-bond donors (Lipinski definition) is 1. The van der Waals surface area contributed by atoms with E-state index in [1.54, 1.807) is 0 Å². The van der Waals surface area contributed by atoms with E-state index in [4.69, 9.17) is 0 Å². The summed E-state index contributed by atoms with van der Waals surface area (Å²) >= 11 is 0. The molecule has 2 aliphatic rings. The third-order valence-electron chi connectivity index (χ3n) is 3.16. The van der Waals surface area contributed by atoms with E-state index in [0.717, 1.165) is 25.2 Å². The molecule has 0 bridgehead atoms. The third-order valence-corrected chi connectivity index (χ3v) is 3.16. The molecule has 1 aromatic heterocycles. The van der Waals surface area contributed by atoms with Gasteiger partial charge in [0.2, 0.25) is 11.6 Å². The lowest BCUT2D eigenvalue weighted by Gasteiger charge is -2.13. The van der Waals surface area contributed by atoms with Crippen LogP contribution in [0.5, 0.6) is 0 Å². The van der Waals surface area contributed by atoms with Gasteiger partial charge in [0, 0.05) is 25.6 Å². The van der Waals surface area contributed by atoms with Crippen molar-refractivity contribution in [3.63, 3.8) is 0 Å². The fraction of sp³-hybridized carbons (Fsp3) is 0.417. The molecule has 1 N–H and O–H groups in total. The summed E-state index contributed by atoms with van der Waals surface area (Å²) in [7, 11) is 0. The third kappa shape index (κ3) is 1.35. The molecule has 0 aromatic carbocycles. The summed E-state index contributed by atoms with van der Waals surface area (Å²) in [5.41, 5.74) is 1.16. The molecule has 0 amide bonds. The highest BCUT2D eigenvalue weighted by atomic mass is 16.1. The Hall–Kier alpha value is -1.91. The summed E-state index contributed by atoms with van der Waals surface area (Å²) < 4.78 is 1.88. The number of allylic oxidation sites excluding steroid dienone is 2. The van der Waals surface area contributed by atoms with E-state index in [1.807, 2.05) is 11.5 Å². The lowest BCUT2D eigenvalue weighted by molar-refractivity contribution is 0.0971. The first-order chi connectivity index (χ1) is 8.22. The molecule has 0 saturated heterocycles. The van der Waals surface area contributed by atoms with Gasteiger partial charge in [0.05, 0.1) is 5.70 Å². The van der Waals surface area contributed by atoms with Crippen LogP contribution >= 0.6 is 0 Å². The Balaban J connectivity index is 2.11.